The first kappa shape index (κ1) is 17.8. The van der Waals surface area contributed by atoms with Crippen LogP contribution in [0.5, 0.6) is 0 Å². The lowest BCUT2D eigenvalue weighted by atomic mass is 9.86. The molecule has 0 atom stereocenters. The molecule has 0 bridgehead atoms. The number of Topliss-reactive ketones (excluding diaryl/α,β-unsaturated/α-hetero) is 1. The molecule has 0 aliphatic carbocycles. The molecule has 130 valence electrons. The van der Waals surface area contributed by atoms with E-state index < -0.39 is 0 Å². The number of halogens is 1. The molecule has 2 heterocycles. The van der Waals surface area contributed by atoms with Crippen molar-refractivity contribution in [2.45, 2.75) is 31.2 Å². The van der Waals surface area contributed by atoms with Crippen molar-refractivity contribution in [2.24, 2.45) is 0 Å². The second kappa shape index (κ2) is 7.49. The Kier molecular flexibility index (Phi) is 5.56. The zero-order valence-electron chi connectivity index (χ0n) is 14.1. The summed E-state index contributed by atoms with van der Waals surface area (Å²) < 4.78 is 1.15. The van der Waals surface area contributed by atoms with Gasteiger partial charge in [0.1, 0.15) is 5.54 Å². The highest BCUT2D eigenvalue weighted by atomic mass is 127. The Morgan fingerprint density at radius 3 is 2.50 bits per heavy atom. The lowest BCUT2D eigenvalue weighted by Gasteiger charge is -2.41. The standard InChI is InChI=1S/C18H24IN3O2/c1-21-13-20-17(24)18(21)8-11-22(12-9-18)10-2-3-16(23)14-4-6-15(19)7-5-14/h4-7H,2-3,8-13H2,1H3,(H,20,24). The van der Waals surface area contributed by atoms with E-state index >= 15 is 0 Å². The third-order valence-corrected chi connectivity index (χ3v) is 6.08. The second-order valence-corrected chi connectivity index (χ2v) is 8.01. The maximum Gasteiger partial charge on any atom is 0.241 e. The molecule has 1 spiro atoms. The van der Waals surface area contributed by atoms with E-state index in [4.69, 9.17) is 0 Å². The van der Waals surface area contributed by atoms with Crippen molar-refractivity contribution in [2.75, 3.05) is 33.4 Å². The lowest BCUT2D eigenvalue weighted by Crippen LogP contribution is -2.55. The van der Waals surface area contributed by atoms with Gasteiger partial charge in [0.05, 0.1) is 6.67 Å². The molecular formula is C18H24IN3O2. The van der Waals surface area contributed by atoms with Gasteiger partial charge < -0.3 is 10.2 Å². The fraction of sp³-hybridized carbons (Fsp3) is 0.556. The predicted molar refractivity (Wildman–Crippen MR) is 102 cm³/mol. The molecule has 2 aliphatic heterocycles. The highest BCUT2D eigenvalue weighted by Gasteiger charge is 2.48. The van der Waals surface area contributed by atoms with Crippen LogP contribution in [0, 0.1) is 3.57 Å². The van der Waals surface area contributed by atoms with E-state index in [1.807, 2.05) is 31.3 Å². The molecule has 3 rings (SSSR count). The average molecular weight is 441 g/mol. The van der Waals surface area contributed by atoms with Gasteiger partial charge in [0.25, 0.3) is 0 Å². The van der Waals surface area contributed by atoms with Gasteiger partial charge in [0.2, 0.25) is 5.91 Å². The van der Waals surface area contributed by atoms with E-state index in [9.17, 15) is 9.59 Å². The number of rotatable bonds is 5. The van der Waals surface area contributed by atoms with Crippen molar-refractivity contribution in [3.63, 3.8) is 0 Å². The number of hydrogen-bond donors (Lipinski definition) is 1. The number of ketones is 1. The molecule has 6 heteroatoms. The van der Waals surface area contributed by atoms with Crippen LogP contribution in [0.25, 0.3) is 0 Å². The summed E-state index contributed by atoms with van der Waals surface area (Å²) in [6, 6.07) is 7.76. The number of likely N-dealkylation sites (N-methyl/N-ethyl adjacent to an activating group) is 1. The molecule has 0 saturated carbocycles. The predicted octanol–water partition coefficient (Wildman–Crippen LogP) is 2.11. The zero-order valence-corrected chi connectivity index (χ0v) is 16.2. The van der Waals surface area contributed by atoms with Gasteiger partial charge in [0, 0.05) is 28.6 Å². The topological polar surface area (TPSA) is 52.7 Å². The maximum absolute atomic E-state index is 12.2. The van der Waals surface area contributed by atoms with Crippen LogP contribution >= 0.6 is 22.6 Å². The summed E-state index contributed by atoms with van der Waals surface area (Å²) >= 11 is 2.24. The van der Waals surface area contributed by atoms with Crippen molar-refractivity contribution in [1.29, 1.82) is 0 Å². The molecule has 0 radical (unpaired) electrons. The largest absolute Gasteiger partial charge is 0.342 e. The molecule has 2 fully saturated rings. The summed E-state index contributed by atoms with van der Waals surface area (Å²) in [5.74, 6) is 0.397. The number of nitrogens with one attached hydrogen (secondary N) is 1. The van der Waals surface area contributed by atoms with E-state index in [-0.39, 0.29) is 17.2 Å². The number of likely N-dealkylation sites (tertiary alicyclic amines) is 1. The Hall–Kier alpha value is -0.990. The summed E-state index contributed by atoms with van der Waals surface area (Å²) in [7, 11) is 2.02. The van der Waals surface area contributed by atoms with Gasteiger partial charge in [-0.15, -0.1) is 0 Å². The molecule has 0 unspecified atom stereocenters. The van der Waals surface area contributed by atoms with Gasteiger partial charge in [-0.2, -0.15) is 0 Å². The first-order chi connectivity index (χ1) is 11.5. The molecule has 2 saturated heterocycles. The third-order valence-electron chi connectivity index (χ3n) is 5.36. The minimum absolute atomic E-state index is 0.179. The Morgan fingerprint density at radius 1 is 1.25 bits per heavy atom. The Bertz CT molecular complexity index is 609. The highest BCUT2D eigenvalue weighted by Crippen LogP contribution is 2.31. The average Bonchev–Trinajstić information content (AvgIpc) is 2.85. The lowest BCUT2D eigenvalue weighted by molar-refractivity contribution is -0.128. The maximum atomic E-state index is 12.2. The number of carbonyl (C=O) groups excluding carboxylic acids is 2. The Labute approximate surface area is 156 Å². The first-order valence-electron chi connectivity index (χ1n) is 8.52. The van der Waals surface area contributed by atoms with E-state index in [2.05, 4.69) is 37.7 Å². The summed E-state index contributed by atoms with van der Waals surface area (Å²) in [5.41, 5.74) is 0.505. The first-order valence-corrected chi connectivity index (χ1v) is 9.60. The molecule has 5 nitrogen and oxygen atoms in total. The quantitative estimate of drug-likeness (QED) is 0.562. The molecule has 1 aromatic carbocycles. The number of amides is 1. The number of hydrogen-bond acceptors (Lipinski definition) is 4. The van der Waals surface area contributed by atoms with Crippen LogP contribution < -0.4 is 5.32 Å². The monoisotopic (exact) mass is 441 g/mol. The molecular weight excluding hydrogens is 417 g/mol. The van der Waals surface area contributed by atoms with E-state index in [0.717, 1.165) is 48.0 Å². The Morgan fingerprint density at radius 2 is 1.92 bits per heavy atom. The summed E-state index contributed by atoms with van der Waals surface area (Å²) in [6.07, 6.45) is 3.21. The number of nitrogens with zero attached hydrogens (tertiary/aromatic N) is 2. The second-order valence-electron chi connectivity index (χ2n) is 6.77. The van der Waals surface area contributed by atoms with Crippen LogP contribution in [0.1, 0.15) is 36.0 Å². The molecule has 1 amide bonds. The summed E-state index contributed by atoms with van der Waals surface area (Å²) in [6.45, 7) is 3.44. The van der Waals surface area contributed by atoms with Gasteiger partial charge in [-0.1, -0.05) is 12.1 Å². The van der Waals surface area contributed by atoms with Crippen LogP contribution in [0.4, 0.5) is 0 Å². The van der Waals surface area contributed by atoms with Crippen molar-refractivity contribution < 1.29 is 9.59 Å². The highest BCUT2D eigenvalue weighted by molar-refractivity contribution is 14.1. The molecule has 1 aromatic rings. The summed E-state index contributed by atoms with van der Waals surface area (Å²) in [5, 5.41) is 2.95. The molecule has 1 N–H and O–H groups in total. The Balaban J connectivity index is 1.43. The fourth-order valence-electron chi connectivity index (χ4n) is 3.68. The van der Waals surface area contributed by atoms with Gasteiger partial charge in [0.15, 0.2) is 5.78 Å². The number of piperidine rings is 1. The molecule has 0 aromatic heterocycles. The van der Waals surface area contributed by atoms with Crippen LogP contribution in [-0.2, 0) is 4.79 Å². The third kappa shape index (κ3) is 3.65. The number of benzene rings is 1. The normalized spacial score (nSPS) is 21.2. The van der Waals surface area contributed by atoms with Crippen molar-refractivity contribution in [3.8, 4) is 0 Å². The van der Waals surface area contributed by atoms with Gasteiger partial charge in [-0.05, 0) is 67.6 Å². The van der Waals surface area contributed by atoms with E-state index in [1.54, 1.807) is 0 Å². The van der Waals surface area contributed by atoms with Crippen molar-refractivity contribution in [1.82, 2.24) is 15.1 Å². The zero-order chi connectivity index (χ0) is 17.2. The van der Waals surface area contributed by atoms with Crippen molar-refractivity contribution >= 4 is 34.3 Å². The van der Waals surface area contributed by atoms with Crippen LogP contribution in [-0.4, -0.2) is 60.4 Å². The minimum atomic E-state index is -0.298. The van der Waals surface area contributed by atoms with Gasteiger partial charge >= 0.3 is 0 Å². The number of carbonyl (C=O) groups is 2. The molecule has 2 aliphatic rings. The van der Waals surface area contributed by atoms with Gasteiger partial charge in [-0.25, -0.2) is 0 Å². The summed E-state index contributed by atoms with van der Waals surface area (Å²) in [4.78, 5) is 28.9. The van der Waals surface area contributed by atoms with Crippen LogP contribution in [0.3, 0.4) is 0 Å². The smallest absolute Gasteiger partial charge is 0.241 e. The van der Waals surface area contributed by atoms with Crippen LogP contribution in [0.2, 0.25) is 0 Å². The van der Waals surface area contributed by atoms with E-state index in [1.165, 1.54) is 0 Å². The molecule has 24 heavy (non-hydrogen) atoms. The van der Waals surface area contributed by atoms with Crippen molar-refractivity contribution in [3.05, 3.63) is 33.4 Å². The van der Waals surface area contributed by atoms with E-state index in [0.29, 0.717) is 13.1 Å². The SMILES string of the molecule is CN1CNC(=O)C12CCN(CCCC(=O)c1ccc(I)cc1)CC2. The fourth-order valence-corrected chi connectivity index (χ4v) is 4.04. The minimum Gasteiger partial charge on any atom is -0.342 e. The van der Waals surface area contributed by atoms with Gasteiger partial charge in [-0.3, -0.25) is 14.5 Å². The van der Waals surface area contributed by atoms with Crippen LogP contribution in [0.15, 0.2) is 24.3 Å².